The van der Waals surface area contributed by atoms with Crippen molar-refractivity contribution in [1.29, 1.82) is 5.26 Å². The highest BCUT2D eigenvalue weighted by atomic mass is 16.1. The Kier molecular flexibility index (Phi) is 4.80. The lowest BCUT2D eigenvalue weighted by Crippen LogP contribution is -2.11. The van der Waals surface area contributed by atoms with Crippen molar-refractivity contribution in [3.8, 4) is 17.7 Å². The zero-order valence-corrected chi connectivity index (χ0v) is 17.6. The molecule has 0 unspecified atom stereocenters. The van der Waals surface area contributed by atoms with Crippen LogP contribution in [-0.4, -0.2) is 45.3 Å². The van der Waals surface area contributed by atoms with E-state index < -0.39 is 0 Å². The van der Waals surface area contributed by atoms with Crippen LogP contribution in [0.15, 0.2) is 55.1 Å². The lowest BCUT2D eigenvalue weighted by atomic mass is 10.2. The van der Waals surface area contributed by atoms with Gasteiger partial charge in [0.1, 0.15) is 18.2 Å². The maximum Gasteiger partial charge on any atom is 0.247 e. The predicted molar refractivity (Wildman–Crippen MR) is 119 cm³/mol. The second-order valence-corrected chi connectivity index (χ2v) is 7.20. The van der Waals surface area contributed by atoms with Gasteiger partial charge in [-0.25, -0.2) is 19.6 Å². The lowest BCUT2D eigenvalue weighted by molar-refractivity contribution is 0.101. The molecule has 11 heteroatoms. The molecule has 0 amide bonds. The van der Waals surface area contributed by atoms with E-state index in [9.17, 15) is 10.1 Å². The van der Waals surface area contributed by atoms with E-state index in [1.54, 1.807) is 37.6 Å². The number of rotatable bonds is 5. The number of fused-ring (bicyclic) bond motifs is 1. The van der Waals surface area contributed by atoms with Gasteiger partial charge in [0.2, 0.25) is 5.95 Å². The first-order valence-electron chi connectivity index (χ1n) is 9.91. The highest BCUT2D eigenvalue weighted by Crippen LogP contribution is 2.24. The van der Waals surface area contributed by atoms with Gasteiger partial charge in [-0.05, 0) is 50.2 Å². The molecule has 5 aromatic rings. The summed E-state index contributed by atoms with van der Waals surface area (Å²) in [5.41, 5.74) is 3.66. The van der Waals surface area contributed by atoms with Crippen LogP contribution in [0.4, 0.5) is 11.6 Å². The molecule has 4 heterocycles. The van der Waals surface area contributed by atoms with Gasteiger partial charge in [0.15, 0.2) is 17.3 Å². The van der Waals surface area contributed by atoms with Crippen LogP contribution in [0.2, 0.25) is 0 Å². The minimum atomic E-state index is -0.152. The van der Waals surface area contributed by atoms with Crippen molar-refractivity contribution in [2.24, 2.45) is 0 Å². The number of carbonyl (C=O) groups is 1. The normalized spacial score (nSPS) is 10.8. The van der Waals surface area contributed by atoms with Gasteiger partial charge in [0, 0.05) is 11.4 Å². The lowest BCUT2D eigenvalue weighted by Gasteiger charge is -2.11. The fourth-order valence-electron chi connectivity index (χ4n) is 3.46. The Hall–Kier alpha value is -4.98. The largest absolute Gasteiger partial charge is 0.323 e. The Morgan fingerprint density at radius 1 is 1.12 bits per heavy atom. The number of benzene rings is 1. The summed E-state index contributed by atoms with van der Waals surface area (Å²) in [6.45, 7) is 3.27. The number of aromatic nitrogens is 8. The second-order valence-electron chi connectivity index (χ2n) is 7.20. The van der Waals surface area contributed by atoms with Crippen LogP contribution in [0.25, 0.3) is 22.7 Å². The third-order valence-corrected chi connectivity index (χ3v) is 4.98. The monoisotopic (exact) mass is 436 g/mol. The number of hydrogen-bond donors (Lipinski definition) is 1. The average molecular weight is 436 g/mol. The van der Waals surface area contributed by atoms with Crippen molar-refractivity contribution in [1.82, 2.24) is 39.5 Å². The summed E-state index contributed by atoms with van der Waals surface area (Å²) in [6.07, 6.45) is 4.71. The molecular formula is C22H16N10O. The predicted octanol–water partition coefficient (Wildman–Crippen LogP) is 2.92. The number of nitrogens with one attached hydrogen (secondary N) is 1. The highest BCUT2D eigenvalue weighted by molar-refractivity contribution is 5.97. The maximum absolute atomic E-state index is 12.2. The van der Waals surface area contributed by atoms with Gasteiger partial charge in [-0.3, -0.25) is 9.36 Å². The van der Waals surface area contributed by atoms with Gasteiger partial charge >= 0.3 is 0 Å². The van der Waals surface area contributed by atoms with E-state index in [-0.39, 0.29) is 11.5 Å². The summed E-state index contributed by atoms with van der Waals surface area (Å²) in [7, 11) is 0. The van der Waals surface area contributed by atoms with Crippen molar-refractivity contribution >= 4 is 28.5 Å². The van der Waals surface area contributed by atoms with Crippen LogP contribution in [0, 0.1) is 18.3 Å². The Bertz CT molecular complexity index is 1550. The fraction of sp³-hybridized carbons (Fsp3) is 0.0909. The van der Waals surface area contributed by atoms with Crippen molar-refractivity contribution < 1.29 is 4.79 Å². The van der Waals surface area contributed by atoms with Crippen LogP contribution in [0.3, 0.4) is 0 Å². The Morgan fingerprint density at radius 3 is 2.73 bits per heavy atom. The van der Waals surface area contributed by atoms with E-state index in [1.807, 2.05) is 28.8 Å². The average Bonchev–Trinajstić information content (AvgIpc) is 3.42. The van der Waals surface area contributed by atoms with E-state index in [0.717, 1.165) is 16.7 Å². The first kappa shape index (κ1) is 20.0. The topological polar surface area (TPSA) is 140 Å². The highest BCUT2D eigenvalue weighted by Gasteiger charge is 2.17. The minimum Gasteiger partial charge on any atom is -0.323 e. The minimum absolute atomic E-state index is 0.152. The number of imidazole rings is 1. The van der Waals surface area contributed by atoms with E-state index in [0.29, 0.717) is 28.8 Å². The molecule has 0 aliphatic heterocycles. The molecule has 1 N–H and O–H groups in total. The van der Waals surface area contributed by atoms with Gasteiger partial charge in [-0.1, -0.05) is 0 Å². The van der Waals surface area contributed by atoms with Gasteiger partial charge in [-0.2, -0.15) is 15.5 Å². The van der Waals surface area contributed by atoms with Crippen molar-refractivity contribution in [3.63, 3.8) is 0 Å². The summed E-state index contributed by atoms with van der Waals surface area (Å²) < 4.78 is 3.32. The number of Topliss-reactive ketones (excluding diaryl/α,β-unsaturated/α-hetero) is 1. The zero-order chi connectivity index (χ0) is 22.9. The van der Waals surface area contributed by atoms with E-state index in [2.05, 4.69) is 30.6 Å². The molecular weight excluding hydrogens is 420 g/mol. The summed E-state index contributed by atoms with van der Waals surface area (Å²) in [5.74, 6) is 1.14. The molecule has 33 heavy (non-hydrogen) atoms. The standard InChI is InChI=1S/C22H16N10O/c1-13-9-16(11-23)30-32(13)21-17(14(2)33)4-6-20(28-21)31-12-25-18-10-15(3-5-19(18)31)27-22-24-7-8-26-29-22/h3-10,12H,1-2H3,(H,24,27,29). The van der Waals surface area contributed by atoms with Gasteiger partial charge < -0.3 is 5.32 Å². The molecule has 1 aromatic carbocycles. The molecule has 5 rings (SSSR count). The van der Waals surface area contributed by atoms with Crippen molar-refractivity contribution in [2.75, 3.05) is 5.32 Å². The number of carbonyl (C=O) groups excluding carboxylic acids is 1. The van der Waals surface area contributed by atoms with Crippen molar-refractivity contribution in [2.45, 2.75) is 13.8 Å². The summed E-state index contributed by atoms with van der Waals surface area (Å²) in [6, 6.07) is 12.8. The molecule has 11 nitrogen and oxygen atoms in total. The van der Waals surface area contributed by atoms with Crippen LogP contribution in [-0.2, 0) is 0 Å². The number of anilines is 2. The molecule has 0 spiro atoms. The number of pyridine rings is 1. The summed E-state index contributed by atoms with van der Waals surface area (Å²) in [4.78, 5) is 25.5. The number of ketones is 1. The number of nitrogens with zero attached hydrogens (tertiary/aromatic N) is 9. The molecule has 0 atom stereocenters. The Labute approximate surface area is 187 Å². The molecule has 0 radical (unpaired) electrons. The first-order chi connectivity index (χ1) is 16.0. The molecule has 0 saturated heterocycles. The van der Waals surface area contributed by atoms with Gasteiger partial charge in [0.05, 0.1) is 29.0 Å². The summed E-state index contributed by atoms with van der Waals surface area (Å²) >= 11 is 0. The Balaban J connectivity index is 1.57. The molecule has 0 aliphatic carbocycles. The molecule has 0 aliphatic rings. The van der Waals surface area contributed by atoms with Crippen LogP contribution < -0.4 is 5.32 Å². The second kappa shape index (κ2) is 7.93. The number of nitriles is 1. The molecule has 160 valence electrons. The van der Waals surface area contributed by atoms with Crippen LogP contribution in [0.5, 0.6) is 0 Å². The van der Waals surface area contributed by atoms with E-state index in [1.165, 1.54) is 17.8 Å². The molecule has 4 aromatic heterocycles. The van der Waals surface area contributed by atoms with Gasteiger partial charge in [0.25, 0.3) is 0 Å². The fourth-order valence-corrected chi connectivity index (χ4v) is 3.46. The smallest absolute Gasteiger partial charge is 0.247 e. The maximum atomic E-state index is 12.2. The Morgan fingerprint density at radius 2 is 2.00 bits per heavy atom. The number of hydrogen-bond acceptors (Lipinski definition) is 9. The van der Waals surface area contributed by atoms with E-state index >= 15 is 0 Å². The third-order valence-electron chi connectivity index (χ3n) is 4.98. The summed E-state index contributed by atoms with van der Waals surface area (Å²) in [5, 5.41) is 24.3. The van der Waals surface area contributed by atoms with E-state index in [4.69, 9.17) is 4.98 Å². The van der Waals surface area contributed by atoms with Crippen LogP contribution >= 0.6 is 0 Å². The SMILES string of the molecule is CC(=O)c1ccc(-n2cnc3cc(Nc4nccnn4)ccc32)nc1-n1nc(C#N)cc1C. The third kappa shape index (κ3) is 3.66. The molecule has 0 fully saturated rings. The first-order valence-corrected chi connectivity index (χ1v) is 9.91. The molecule has 0 saturated carbocycles. The van der Waals surface area contributed by atoms with Crippen LogP contribution in [0.1, 0.15) is 28.7 Å². The quantitative estimate of drug-likeness (QED) is 0.412. The number of aryl methyl sites for hydroxylation is 1. The zero-order valence-electron chi connectivity index (χ0n) is 17.6. The van der Waals surface area contributed by atoms with Crippen molar-refractivity contribution in [3.05, 3.63) is 72.1 Å². The molecule has 0 bridgehead atoms. The van der Waals surface area contributed by atoms with Gasteiger partial charge in [-0.15, -0.1) is 5.10 Å².